The number of hydrogen-bond donors (Lipinski definition) is 1. The molecule has 3 heteroatoms. The summed E-state index contributed by atoms with van der Waals surface area (Å²) in [6.07, 6.45) is 12.5. The van der Waals surface area contributed by atoms with Gasteiger partial charge in [0.2, 0.25) is 6.41 Å². The van der Waals surface area contributed by atoms with Crippen LogP contribution in [0.25, 0.3) is 0 Å². The molecule has 0 radical (unpaired) electrons. The van der Waals surface area contributed by atoms with Gasteiger partial charge in [-0.3, -0.25) is 4.79 Å². The number of nitrogens with one attached hydrogen (secondary N) is 1. The Balaban J connectivity index is 1.99. The van der Waals surface area contributed by atoms with E-state index < -0.39 is 0 Å². The molecule has 0 aromatic heterocycles. The summed E-state index contributed by atoms with van der Waals surface area (Å²) >= 11 is 0. The van der Waals surface area contributed by atoms with E-state index in [-0.39, 0.29) is 0 Å². The maximum atomic E-state index is 10.4. The Bertz CT molecular complexity index is 379. The van der Waals surface area contributed by atoms with E-state index in [0.29, 0.717) is 6.41 Å². The third-order valence-corrected chi connectivity index (χ3v) is 3.58. The van der Waals surface area contributed by atoms with Gasteiger partial charge >= 0.3 is 0 Å². The van der Waals surface area contributed by atoms with Gasteiger partial charge in [-0.15, -0.1) is 0 Å². The molecule has 1 rings (SSSR count). The third kappa shape index (κ3) is 9.11. The van der Waals surface area contributed by atoms with Crippen molar-refractivity contribution in [2.24, 2.45) is 0 Å². The van der Waals surface area contributed by atoms with Gasteiger partial charge in [0.15, 0.2) is 0 Å². The zero-order valence-corrected chi connectivity index (χ0v) is 13.3. The number of rotatable bonds is 13. The Hall–Kier alpha value is -1.51. The van der Waals surface area contributed by atoms with Crippen LogP contribution in [0.5, 0.6) is 5.75 Å². The molecule has 118 valence electrons. The summed E-state index contributed by atoms with van der Waals surface area (Å²) in [6.45, 7) is 3.01. The quantitative estimate of drug-likeness (QED) is 0.402. The lowest BCUT2D eigenvalue weighted by Crippen LogP contribution is -1.99. The second-order valence-electron chi connectivity index (χ2n) is 5.47. The van der Waals surface area contributed by atoms with Crippen LogP contribution >= 0.6 is 0 Å². The smallest absolute Gasteiger partial charge is 0.211 e. The largest absolute Gasteiger partial charge is 0.494 e. The summed E-state index contributed by atoms with van der Waals surface area (Å²) in [4.78, 5) is 10.4. The lowest BCUT2D eigenvalue weighted by molar-refractivity contribution is -0.105. The van der Waals surface area contributed by atoms with Gasteiger partial charge < -0.3 is 10.1 Å². The van der Waals surface area contributed by atoms with Gasteiger partial charge in [-0.2, -0.15) is 0 Å². The van der Waals surface area contributed by atoms with E-state index >= 15 is 0 Å². The van der Waals surface area contributed by atoms with E-state index in [2.05, 4.69) is 12.2 Å². The van der Waals surface area contributed by atoms with Crippen LogP contribution in [-0.4, -0.2) is 13.0 Å². The SMILES string of the molecule is CCCCCCCCCCCOc1cccc(NC=O)c1. The monoisotopic (exact) mass is 291 g/mol. The second-order valence-corrected chi connectivity index (χ2v) is 5.47. The number of ether oxygens (including phenoxy) is 1. The van der Waals surface area contributed by atoms with E-state index in [1.165, 1.54) is 51.4 Å². The molecule has 1 amide bonds. The fourth-order valence-electron chi connectivity index (χ4n) is 2.35. The zero-order valence-electron chi connectivity index (χ0n) is 13.3. The number of hydrogen-bond acceptors (Lipinski definition) is 2. The highest BCUT2D eigenvalue weighted by atomic mass is 16.5. The molecule has 0 heterocycles. The number of anilines is 1. The fourth-order valence-corrected chi connectivity index (χ4v) is 2.35. The average Bonchev–Trinajstić information content (AvgIpc) is 2.50. The van der Waals surface area contributed by atoms with Gasteiger partial charge in [0, 0.05) is 11.8 Å². The Morgan fingerprint density at radius 3 is 2.33 bits per heavy atom. The minimum absolute atomic E-state index is 0.680. The summed E-state index contributed by atoms with van der Waals surface area (Å²) in [5.41, 5.74) is 0.773. The molecule has 0 aliphatic rings. The van der Waals surface area contributed by atoms with Crippen LogP contribution in [0.15, 0.2) is 24.3 Å². The maximum absolute atomic E-state index is 10.4. The molecule has 3 nitrogen and oxygen atoms in total. The van der Waals surface area contributed by atoms with Crippen LogP contribution in [0.2, 0.25) is 0 Å². The van der Waals surface area contributed by atoms with Crippen molar-refractivity contribution in [3.8, 4) is 5.75 Å². The van der Waals surface area contributed by atoms with E-state index in [0.717, 1.165) is 24.5 Å². The molecule has 0 aliphatic heterocycles. The predicted molar refractivity (Wildman–Crippen MR) is 88.9 cm³/mol. The van der Waals surface area contributed by atoms with Crippen molar-refractivity contribution in [1.29, 1.82) is 0 Å². The summed E-state index contributed by atoms with van der Waals surface area (Å²) in [5.74, 6) is 0.821. The Morgan fingerprint density at radius 2 is 1.67 bits per heavy atom. The molecule has 1 aromatic carbocycles. The van der Waals surface area contributed by atoms with Crippen LogP contribution in [0.3, 0.4) is 0 Å². The van der Waals surface area contributed by atoms with Crippen LogP contribution in [0, 0.1) is 0 Å². The van der Waals surface area contributed by atoms with Crippen molar-refractivity contribution in [3.05, 3.63) is 24.3 Å². The van der Waals surface area contributed by atoms with Gasteiger partial charge in [-0.1, -0.05) is 64.4 Å². The molecule has 1 aromatic rings. The maximum Gasteiger partial charge on any atom is 0.211 e. The van der Waals surface area contributed by atoms with Gasteiger partial charge in [0.05, 0.1) is 6.61 Å². The molecule has 0 fully saturated rings. The topological polar surface area (TPSA) is 38.3 Å². The van der Waals surface area contributed by atoms with Crippen molar-refractivity contribution >= 4 is 12.1 Å². The molecule has 0 unspecified atom stereocenters. The van der Waals surface area contributed by atoms with Gasteiger partial charge in [-0.25, -0.2) is 0 Å². The van der Waals surface area contributed by atoms with E-state index in [1.54, 1.807) is 0 Å². The minimum Gasteiger partial charge on any atom is -0.494 e. The molecule has 0 bridgehead atoms. The van der Waals surface area contributed by atoms with Crippen LogP contribution in [0.1, 0.15) is 64.7 Å². The molecule has 0 saturated heterocycles. The van der Waals surface area contributed by atoms with Gasteiger partial charge in [0.25, 0.3) is 0 Å². The molecule has 0 saturated carbocycles. The molecular formula is C18H29NO2. The number of unbranched alkanes of at least 4 members (excludes halogenated alkanes) is 8. The van der Waals surface area contributed by atoms with E-state index in [9.17, 15) is 4.79 Å². The van der Waals surface area contributed by atoms with E-state index in [1.807, 2.05) is 24.3 Å². The first-order chi connectivity index (χ1) is 10.4. The first-order valence-electron chi connectivity index (χ1n) is 8.30. The highest BCUT2D eigenvalue weighted by Gasteiger charge is 1.97. The second kappa shape index (κ2) is 12.2. The lowest BCUT2D eigenvalue weighted by Gasteiger charge is -2.07. The average molecular weight is 291 g/mol. The number of carbonyl (C=O) groups is 1. The summed E-state index contributed by atoms with van der Waals surface area (Å²) in [7, 11) is 0. The predicted octanol–water partition coefficient (Wildman–Crippen LogP) is 5.16. The van der Waals surface area contributed by atoms with Crippen molar-refractivity contribution in [1.82, 2.24) is 0 Å². The fraction of sp³-hybridized carbons (Fsp3) is 0.611. The number of carbonyl (C=O) groups excluding carboxylic acids is 1. The van der Waals surface area contributed by atoms with Crippen LogP contribution in [-0.2, 0) is 4.79 Å². The van der Waals surface area contributed by atoms with Crippen molar-refractivity contribution < 1.29 is 9.53 Å². The van der Waals surface area contributed by atoms with E-state index in [4.69, 9.17) is 4.74 Å². The van der Waals surface area contributed by atoms with Crippen molar-refractivity contribution in [2.45, 2.75) is 64.7 Å². The van der Waals surface area contributed by atoms with Crippen LogP contribution in [0.4, 0.5) is 5.69 Å². The minimum atomic E-state index is 0.680. The lowest BCUT2D eigenvalue weighted by atomic mass is 10.1. The zero-order chi connectivity index (χ0) is 15.2. The van der Waals surface area contributed by atoms with Gasteiger partial charge in [0.1, 0.15) is 5.75 Å². The first kappa shape index (κ1) is 17.5. The standard InChI is InChI=1S/C18H29NO2/c1-2-3-4-5-6-7-8-9-10-14-21-18-13-11-12-17(15-18)19-16-20/h11-13,15-16H,2-10,14H2,1H3,(H,19,20). The van der Waals surface area contributed by atoms with Crippen LogP contribution < -0.4 is 10.1 Å². The Labute approximate surface area is 129 Å². The summed E-state index contributed by atoms with van der Waals surface area (Å²) in [5, 5.41) is 2.63. The molecule has 0 atom stereocenters. The summed E-state index contributed by atoms with van der Waals surface area (Å²) < 4.78 is 5.70. The summed E-state index contributed by atoms with van der Waals surface area (Å²) in [6, 6.07) is 7.50. The van der Waals surface area contributed by atoms with Gasteiger partial charge in [-0.05, 0) is 18.6 Å². The third-order valence-electron chi connectivity index (χ3n) is 3.58. The highest BCUT2D eigenvalue weighted by molar-refractivity contribution is 5.71. The number of benzene rings is 1. The number of amides is 1. The molecule has 0 aliphatic carbocycles. The molecule has 1 N–H and O–H groups in total. The first-order valence-corrected chi connectivity index (χ1v) is 8.30. The molecule has 21 heavy (non-hydrogen) atoms. The Kier molecular flexibility index (Phi) is 10.2. The Morgan fingerprint density at radius 1 is 1.00 bits per heavy atom. The molecular weight excluding hydrogens is 262 g/mol. The molecule has 0 spiro atoms. The van der Waals surface area contributed by atoms with Crippen molar-refractivity contribution in [3.63, 3.8) is 0 Å². The normalized spacial score (nSPS) is 10.3. The highest BCUT2D eigenvalue weighted by Crippen LogP contribution is 2.17. The van der Waals surface area contributed by atoms with Crippen molar-refractivity contribution in [2.75, 3.05) is 11.9 Å².